The van der Waals surface area contributed by atoms with Gasteiger partial charge in [0.25, 0.3) is 0 Å². The fourth-order valence-electron chi connectivity index (χ4n) is 0. The minimum absolute atomic E-state index is 0. The van der Waals surface area contributed by atoms with Gasteiger partial charge in [-0.15, -0.1) is 0 Å². The summed E-state index contributed by atoms with van der Waals surface area (Å²) in [5.74, 6) is 0. The molecule has 0 aromatic heterocycles. The summed E-state index contributed by atoms with van der Waals surface area (Å²) >= 11 is 0. The Balaban J connectivity index is 0. The van der Waals surface area contributed by atoms with Gasteiger partial charge in [0.05, 0.1) is 0 Å². The Morgan fingerprint density at radius 3 is 0.333 bits per heavy atom. The maximum atomic E-state index is 0. The zero-order valence-corrected chi connectivity index (χ0v) is 14.2. The van der Waals surface area contributed by atoms with Crippen LogP contribution in [0.4, 0.5) is 0 Å². The number of rotatable bonds is 0. The van der Waals surface area contributed by atoms with E-state index in [1.807, 2.05) is 0 Å². The smallest absolute Gasteiger partial charge is 2.00 e. The topological polar surface area (TPSA) is 142 Å². The number of hydrogen-bond donors (Lipinski definition) is 0. The average Bonchev–Trinajstić information content (AvgIpc) is 0. The van der Waals surface area contributed by atoms with Crippen LogP contribution in [0.5, 0.6) is 0 Å². The summed E-state index contributed by atoms with van der Waals surface area (Å²) in [5, 5.41) is 0. The van der Waals surface area contributed by atoms with E-state index >= 15 is 0 Å². The first-order valence-electron chi connectivity index (χ1n) is 0. The van der Waals surface area contributed by atoms with Crippen LogP contribution in [-0.2, 0) is 27.4 Å². The van der Waals surface area contributed by atoms with Gasteiger partial charge in [-0.3, -0.25) is 0 Å². The van der Waals surface area contributed by atoms with Crippen molar-refractivity contribution < 1.29 is 101 Å². The minimum atomic E-state index is 0. The molecule has 0 aliphatic carbocycles. The van der Waals surface area contributed by atoms with Gasteiger partial charge in [-0.25, -0.2) is 0 Å². The van der Waals surface area contributed by atoms with E-state index < -0.39 is 0 Å². The molecule has 0 spiro atoms. The molecule has 0 heterocycles. The van der Waals surface area contributed by atoms with Gasteiger partial charge in [-0.1, -0.05) is 0 Å². The Morgan fingerprint density at radius 1 is 0.333 bits per heavy atom. The first-order valence-corrected chi connectivity index (χ1v) is 0. The predicted octanol–water partition coefficient (Wildman–Crippen LogP) is -1.36. The Labute approximate surface area is 186 Å². The third-order valence-corrected chi connectivity index (χ3v) is 0. The minimum Gasteiger partial charge on any atom is -2.00 e. The van der Waals surface area contributed by atoms with Crippen LogP contribution in [0.2, 0.25) is 0 Å². The van der Waals surface area contributed by atoms with E-state index in [1.54, 1.807) is 0 Å². The largest absolute Gasteiger partial charge is 3.00 e. The van der Waals surface area contributed by atoms with Gasteiger partial charge in [-0.2, -0.15) is 0 Å². The SMILES string of the molecule is [Lu+3].[Lu+3].[O-2].[O-2].[O-2].[O-2].[O-2].[Sr+2].[Sr+2]. The van der Waals surface area contributed by atoms with Gasteiger partial charge in [0.15, 0.2) is 0 Å². The third-order valence-electron chi connectivity index (χ3n) is 0. The van der Waals surface area contributed by atoms with E-state index in [0.29, 0.717) is 0 Å². The second kappa shape index (κ2) is 72.4. The van der Waals surface area contributed by atoms with Crippen molar-refractivity contribution in [3.8, 4) is 0 Å². The van der Waals surface area contributed by atoms with E-state index in [9.17, 15) is 0 Å². The maximum Gasteiger partial charge on any atom is 3.00 e. The van der Waals surface area contributed by atoms with E-state index in [0.717, 1.165) is 0 Å². The van der Waals surface area contributed by atoms with Crippen molar-refractivity contribution in [1.29, 1.82) is 0 Å². The van der Waals surface area contributed by atoms with Crippen LogP contribution in [-0.4, -0.2) is 91.0 Å². The summed E-state index contributed by atoms with van der Waals surface area (Å²) < 4.78 is 0. The van der Waals surface area contributed by atoms with Crippen molar-refractivity contribution in [2.24, 2.45) is 0 Å². The van der Waals surface area contributed by atoms with E-state index in [2.05, 4.69) is 0 Å². The van der Waals surface area contributed by atoms with Crippen molar-refractivity contribution in [3.05, 3.63) is 0 Å². The summed E-state index contributed by atoms with van der Waals surface area (Å²) in [6.45, 7) is 0. The third kappa shape index (κ3) is 61.0. The molecule has 0 fully saturated rings. The second-order valence-corrected chi connectivity index (χ2v) is 0. The van der Waals surface area contributed by atoms with Crippen LogP contribution in [0.15, 0.2) is 0 Å². The van der Waals surface area contributed by atoms with Gasteiger partial charge in [0.1, 0.15) is 0 Å². The normalized spacial score (nSPS) is 0. The molecule has 0 amide bonds. The van der Waals surface area contributed by atoms with Crippen molar-refractivity contribution in [1.82, 2.24) is 0 Å². The number of hydrogen-bond acceptors (Lipinski definition) is 0. The standard InChI is InChI=1S/2Lu.5O.2Sr/q2*+3;5*-2;2*+2. The average molecular weight is 605 g/mol. The molecule has 0 N–H and O–H groups in total. The summed E-state index contributed by atoms with van der Waals surface area (Å²) in [5.41, 5.74) is 0. The Hall–Kier alpha value is 5.23. The van der Waals surface area contributed by atoms with Gasteiger partial charge < -0.3 is 27.4 Å². The molecule has 9 heteroatoms. The second-order valence-electron chi connectivity index (χ2n) is 0. The summed E-state index contributed by atoms with van der Waals surface area (Å²) in [7, 11) is 0. The van der Waals surface area contributed by atoms with Crippen molar-refractivity contribution in [3.63, 3.8) is 0 Å². The van der Waals surface area contributed by atoms with Crippen molar-refractivity contribution >= 4 is 91.0 Å². The fourth-order valence-corrected chi connectivity index (χ4v) is 0. The Bertz CT molecular complexity index is 12.9. The van der Waals surface area contributed by atoms with Crippen LogP contribution in [0, 0.1) is 73.7 Å². The molecule has 0 aromatic carbocycles. The van der Waals surface area contributed by atoms with E-state index in [4.69, 9.17) is 0 Å². The molecular weight excluding hydrogens is 605 g/mol. The summed E-state index contributed by atoms with van der Waals surface area (Å²) in [4.78, 5) is 0. The van der Waals surface area contributed by atoms with E-state index in [1.165, 1.54) is 0 Å². The van der Waals surface area contributed by atoms with Gasteiger partial charge in [0.2, 0.25) is 0 Å². The molecule has 0 saturated carbocycles. The van der Waals surface area contributed by atoms with Crippen LogP contribution in [0.3, 0.4) is 0 Å². The van der Waals surface area contributed by atoms with Crippen LogP contribution >= 0.6 is 0 Å². The zero-order chi connectivity index (χ0) is 0. The molecule has 0 bridgehead atoms. The van der Waals surface area contributed by atoms with Crippen molar-refractivity contribution in [2.45, 2.75) is 0 Å². The van der Waals surface area contributed by atoms with E-state index in [-0.39, 0.29) is 192 Å². The van der Waals surface area contributed by atoms with Gasteiger partial charge >= 0.3 is 165 Å². The van der Waals surface area contributed by atoms with Crippen LogP contribution < -0.4 is 0 Å². The molecule has 0 aromatic rings. The first-order chi connectivity index (χ1) is 0. The molecule has 0 unspecified atom stereocenters. The molecule has 0 atom stereocenters. The van der Waals surface area contributed by atoms with Crippen LogP contribution in [0.25, 0.3) is 0 Å². The molecule has 5 nitrogen and oxygen atoms in total. The molecule has 0 aliphatic heterocycles. The predicted molar refractivity (Wildman–Crippen MR) is 14.9 cm³/mol. The monoisotopic (exact) mass is 606 g/mol. The quantitative estimate of drug-likeness (QED) is 0.301. The molecule has 0 saturated heterocycles. The molecule has 9 heavy (non-hydrogen) atoms. The molecule has 0 radical (unpaired) electrons. The summed E-state index contributed by atoms with van der Waals surface area (Å²) in [6, 6.07) is 0. The Kier molecular flexibility index (Phi) is 732. The molecule has 64 valence electrons. The Morgan fingerprint density at radius 2 is 0.333 bits per heavy atom. The summed E-state index contributed by atoms with van der Waals surface area (Å²) in [6.07, 6.45) is 0. The molecule has 0 aliphatic rings. The van der Waals surface area contributed by atoms with Gasteiger partial charge in [-0.05, 0) is 0 Å². The molecular formula is Lu2O5Sr2. The first kappa shape index (κ1) is 91.1. The zero-order valence-electron chi connectivity index (χ0n) is 3.97. The molecule has 0 rings (SSSR count). The maximum absolute atomic E-state index is 0. The van der Waals surface area contributed by atoms with Gasteiger partial charge in [0, 0.05) is 0 Å². The van der Waals surface area contributed by atoms with Crippen molar-refractivity contribution in [2.75, 3.05) is 0 Å². The van der Waals surface area contributed by atoms with Crippen LogP contribution in [0.1, 0.15) is 0 Å². The fraction of sp³-hybridized carbons (Fsp3) is 0.